The molecule has 1 aliphatic rings. The average molecular weight is 443 g/mol. The molecule has 132 valence electrons. The summed E-state index contributed by atoms with van der Waals surface area (Å²) < 4.78 is 6.35. The number of halogens is 3. The van der Waals surface area contributed by atoms with Gasteiger partial charge in [0.15, 0.2) is 0 Å². The summed E-state index contributed by atoms with van der Waals surface area (Å²) in [7, 11) is 0. The molecule has 0 aliphatic carbocycles. The van der Waals surface area contributed by atoms with Crippen LogP contribution in [0.2, 0.25) is 10.0 Å². The van der Waals surface area contributed by atoms with Gasteiger partial charge in [0.05, 0.1) is 10.6 Å². The molecule has 3 nitrogen and oxygen atoms in total. The Kier molecular flexibility index (Phi) is 6.05. The zero-order valence-electron chi connectivity index (χ0n) is 13.5. The summed E-state index contributed by atoms with van der Waals surface area (Å²) in [5, 5.41) is 4.20. The minimum absolute atomic E-state index is 0.156. The quantitative estimate of drug-likeness (QED) is 0.703. The van der Waals surface area contributed by atoms with Gasteiger partial charge in [-0.05, 0) is 48.7 Å². The molecule has 1 fully saturated rings. The highest BCUT2D eigenvalue weighted by molar-refractivity contribution is 9.10. The van der Waals surface area contributed by atoms with Crippen LogP contribution in [0.15, 0.2) is 46.9 Å². The molecule has 0 unspecified atom stereocenters. The standard InChI is InChI=1S/C19H18BrCl2NO2/c20-14-3-6-17(22)16(11-14)18(24)23-12-19(7-9-25-10-8-19)13-1-4-15(21)5-2-13/h1-6,11H,7-10,12H2,(H,23,24). The van der Waals surface area contributed by atoms with Gasteiger partial charge >= 0.3 is 0 Å². The van der Waals surface area contributed by atoms with Gasteiger partial charge in [0.2, 0.25) is 0 Å². The molecule has 2 aromatic rings. The van der Waals surface area contributed by atoms with E-state index in [-0.39, 0.29) is 11.3 Å². The average Bonchev–Trinajstić information content (AvgIpc) is 2.63. The van der Waals surface area contributed by atoms with Crippen molar-refractivity contribution in [1.82, 2.24) is 5.32 Å². The number of carbonyl (C=O) groups is 1. The first-order chi connectivity index (χ1) is 12.0. The van der Waals surface area contributed by atoms with Gasteiger partial charge in [-0.15, -0.1) is 0 Å². The molecule has 1 amide bonds. The molecular weight excluding hydrogens is 425 g/mol. The second kappa shape index (κ2) is 8.09. The molecule has 0 spiro atoms. The van der Waals surface area contributed by atoms with Crippen LogP contribution < -0.4 is 5.32 Å². The van der Waals surface area contributed by atoms with Gasteiger partial charge in [-0.3, -0.25) is 4.79 Å². The van der Waals surface area contributed by atoms with E-state index in [9.17, 15) is 4.79 Å². The first-order valence-electron chi connectivity index (χ1n) is 8.07. The van der Waals surface area contributed by atoms with E-state index in [1.165, 1.54) is 5.56 Å². The van der Waals surface area contributed by atoms with Crippen molar-refractivity contribution >= 4 is 45.0 Å². The van der Waals surface area contributed by atoms with Gasteiger partial charge in [-0.25, -0.2) is 0 Å². The summed E-state index contributed by atoms with van der Waals surface area (Å²) >= 11 is 15.6. The Balaban J connectivity index is 1.80. The summed E-state index contributed by atoms with van der Waals surface area (Å²) in [6, 6.07) is 13.1. The first-order valence-corrected chi connectivity index (χ1v) is 9.62. The van der Waals surface area contributed by atoms with E-state index in [0.29, 0.717) is 35.4 Å². The molecule has 1 saturated heterocycles. The predicted molar refractivity (Wildman–Crippen MR) is 105 cm³/mol. The number of carbonyl (C=O) groups excluding carboxylic acids is 1. The lowest BCUT2D eigenvalue weighted by atomic mass is 9.74. The Morgan fingerprint density at radius 1 is 1.12 bits per heavy atom. The topological polar surface area (TPSA) is 38.3 Å². The van der Waals surface area contributed by atoms with Crippen molar-refractivity contribution in [3.63, 3.8) is 0 Å². The van der Waals surface area contributed by atoms with Crippen LogP contribution in [0, 0.1) is 0 Å². The van der Waals surface area contributed by atoms with E-state index in [2.05, 4.69) is 21.2 Å². The zero-order chi connectivity index (χ0) is 17.9. The summed E-state index contributed by atoms with van der Waals surface area (Å²) in [4.78, 5) is 12.6. The summed E-state index contributed by atoms with van der Waals surface area (Å²) in [5.41, 5.74) is 1.48. The third kappa shape index (κ3) is 4.37. The number of nitrogens with one attached hydrogen (secondary N) is 1. The summed E-state index contributed by atoms with van der Waals surface area (Å²) in [6.07, 6.45) is 1.70. The SMILES string of the molecule is O=C(NCC1(c2ccc(Cl)cc2)CCOCC1)c1cc(Br)ccc1Cl. The number of rotatable bonds is 4. The molecule has 1 aliphatic heterocycles. The van der Waals surface area contributed by atoms with Crippen molar-refractivity contribution in [2.75, 3.05) is 19.8 Å². The largest absolute Gasteiger partial charge is 0.381 e. The molecule has 0 saturated carbocycles. The lowest BCUT2D eigenvalue weighted by Gasteiger charge is -2.38. The van der Waals surface area contributed by atoms with Gasteiger partial charge in [-0.2, -0.15) is 0 Å². The van der Waals surface area contributed by atoms with Gasteiger partial charge < -0.3 is 10.1 Å². The number of amides is 1. The van der Waals surface area contributed by atoms with Crippen molar-refractivity contribution in [2.24, 2.45) is 0 Å². The molecule has 0 atom stereocenters. The van der Waals surface area contributed by atoms with E-state index in [4.69, 9.17) is 27.9 Å². The molecule has 6 heteroatoms. The van der Waals surface area contributed by atoms with Crippen LogP contribution >= 0.6 is 39.1 Å². The highest BCUT2D eigenvalue weighted by Gasteiger charge is 2.35. The molecule has 3 rings (SSSR count). The second-order valence-electron chi connectivity index (χ2n) is 6.21. The number of benzene rings is 2. The molecule has 0 bridgehead atoms. The monoisotopic (exact) mass is 441 g/mol. The van der Waals surface area contributed by atoms with Crippen molar-refractivity contribution in [3.05, 3.63) is 68.1 Å². The minimum Gasteiger partial charge on any atom is -0.381 e. The third-order valence-corrected chi connectivity index (χ3v) is 5.74. The van der Waals surface area contributed by atoms with Gasteiger partial charge in [0.1, 0.15) is 0 Å². The molecule has 2 aromatic carbocycles. The number of hydrogen-bond acceptors (Lipinski definition) is 2. The van der Waals surface area contributed by atoms with Gasteiger partial charge in [0, 0.05) is 34.7 Å². The van der Waals surface area contributed by atoms with Crippen LogP contribution in [-0.2, 0) is 10.2 Å². The Labute approximate surface area is 165 Å². The Bertz CT molecular complexity index is 759. The maximum absolute atomic E-state index is 12.6. The second-order valence-corrected chi connectivity index (χ2v) is 7.97. The molecular formula is C19H18BrCl2NO2. The van der Waals surface area contributed by atoms with E-state index in [1.807, 2.05) is 30.3 Å². The first kappa shape index (κ1) is 18.7. The molecule has 25 heavy (non-hydrogen) atoms. The molecule has 0 aromatic heterocycles. The highest BCUT2D eigenvalue weighted by Crippen LogP contribution is 2.35. The van der Waals surface area contributed by atoms with E-state index in [0.717, 1.165) is 17.3 Å². The third-order valence-electron chi connectivity index (χ3n) is 4.67. The molecule has 0 radical (unpaired) electrons. The van der Waals surface area contributed by atoms with E-state index in [1.54, 1.807) is 12.1 Å². The predicted octanol–water partition coefficient (Wildman–Crippen LogP) is 5.23. The van der Waals surface area contributed by atoms with Crippen LogP contribution in [0.4, 0.5) is 0 Å². The van der Waals surface area contributed by atoms with Crippen molar-refractivity contribution in [1.29, 1.82) is 0 Å². The smallest absolute Gasteiger partial charge is 0.252 e. The maximum Gasteiger partial charge on any atom is 0.252 e. The normalized spacial score (nSPS) is 16.4. The maximum atomic E-state index is 12.6. The lowest BCUT2D eigenvalue weighted by molar-refractivity contribution is 0.0487. The fourth-order valence-corrected chi connectivity index (χ4v) is 3.84. The fraction of sp³-hybridized carbons (Fsp3) is 0.316. The lowest BCUT2D eigenvalue weighted by Crippen LogP contribution is -2.44. The van der Waals surface area contributed by atoms with Gasteiger partial charge in [0.25, 0.3) is 5.91 Å². The molecule has 1 N–H and O–H groups in total. The zero-order valence-corrected chi connectivity index (χ0v) is 16.6. The van der Waals surface area contributed by atoms with E-state index < -0.39 is 0 Å². The van der Waals surface area contributed by atoms with Crippen LogP contribution in [0.25, 0.3) is 0 Å². The number of ether oxygens (including phenoxy) is 1. The highest BCUT2D eigenvalue weighted by atomic mass is 79.9. The minimum atomic E-state index is -0.175. The van der Waals surface area contributed by atoms with Crippen molar-refractivity contribution in [3.8, 4) is 0 Å². The van der Waals surface area contributed by atoms with Crippen LogP contribution in [0.1, 0.15) is 28.8 Å². The van der Waals surface area contributed by atoms with Crippen LogP contribution in [-0.4, -0.2) is 25.7 Å². The van der Waals surface area contributed by atoms with Gasteiger partial charge in [-0.1, -0.05) is 51.3 Å². The Hall–Kier alpha value is -1.07. The van der Waals surface area contributed by atoms with Crippen LogP contribution in [0.3, 0.4) is 0 Å². The Morgan fingerprint density at radius 2 is 1.80 bits per heavy atom. The summed E-state index contributed by atoms with van der Waals surface area (Å²) in [6.45, 7) is 1.88. The Morgan fingerprint density at radius 3 is 2.48 bits per heavy atom. The van der Waals surface area contributed by atoms with Crippen molar-refractivity contribution < 1.29 is 9.53 Å². The number of hydrogen-bond donors (Lipinski definition) is 1. The van der Waals surface area contributed by atoms with E-state index >= 15 is 0 Å². The molecule has 1 heterocycles. The van der Waals surface area contributed by atoms with Crippen LogP contribution in [0.5, 0.6) is 0 Å². The fourth-order valence-electron chi connectivity index (χ4n) is 3.15. The summed E-state index contributed by atoms with van der Waals surface area (Å²) in [5.74, 6) is -0.175. The van der Waals surface area contributed by atoms with Crippen molar-refractivity contribution in [2.45, 2.75) is 18.3 Å².